The van der Waals surface area contributed by atoms with E-state index in [9.17, 15) is 43.5 Å². The van der Waals surface area contributed by atoms with Crippen molar-refractivity contribution in [2.75, 3.05) is 56.4 Å². The zero-order chi connectivity index (χ0) is 60.9. The van der Waals surface area contributed by atoms with Crippen molar-refractivity contribution in [3.05, 3.63) is 82.4 Å². The first-order valence-corrected chi connectivity index (χ1v) is 28.6. The molecule has 3 heterocycles. The number of hydrogen-bond donors (Lipinski definition) is 9. The Morgan fingerprint density at radius 2 is 1.69 bits per heavy atom. The minimum atomic E-state index is -1.84. The third-order valence-corrected chi connectivity index (χ3v) is 16.6. The second kappa shape index (κ2) is 28.8. The summed E-state index contributed by atoms with van der Waals surface area (Å²) in [6.45, 7) is 11.9. The maximum atomic E-state index is 14.6. The highest BCUT2D eigenvalue weighted by molar-refractivity contribution is 7.80. The molecule has 2 fully saturated rings. The molecule has 0 aromatic heterocycles. The number of allylic oxidation sites excluding steroid dienone is 3. The Labute approximate surface area is 494 Å². The number of urea groups is 1. The van der Waals surface area contributed by atoms with Crippen LogP contribution in [0.2, 0.25) is 5.02 Å². The molecule has 4 bridgehead atoms. The lowest BCUT2D eigenvalue weighted by Gasteiger charge is -2.55. The van der Waals surface area contributed by atoms with Crippen molar-refractivity contribution in [3.63, 3.8) is 0 Å². The molecule has 4 aliphatic rings. The molecule has 2 aromatic rings. The third-order valence-electron chi connectivity index (χ3n) is 16.0. The smallest absolute Gasteiger partial charge is 0.411 e. The maximum absolute atomic E-state index is 14.6. The van der Waals surface area contributed by atoms with E-state index in [2.05, 4.69) is 37.2 Å². The van der Waals surface area contributed by atoms with Crippen molar-refractivity contribution in [2.45, 2.75) is 135 Å². The fourth-order valence-electron chi connectivity index (χ4n) is 11.0. The summed E-state index contributed by atoms with van der Waals surface area (Å²) in [5.41, 5.74) is 5.82. The normalized spacial score (nSPS) is 25.3. The van der Waals surface area contributed by atoms with E-state index in [1.807, 2.05) is 40.7 Å². The van der Waals surface area contributed by atoms with Crippen molar-refractivity contribution in [1.82, 2.24) is 31.5 Å². The zero-order valence-corrected chi connectivity index (χ0v) is 50.1. The number of halogens is 1. The molecule has 2 aromatic carbocycles. The number of nitrogens with one attached hydrogen (secondary N) is 7. The molecule has 3 aliphatic heterocycles. The van der Waals surface area contributed by atoms with Gasteiger partial charge >= 0.3 is 18.2 Å². The average molecular weight is 1190 g/mol. The zero-order valence-electron chi connectivity index (χ0n) is 48.5. The standard InChI is InChI=1S/C58H79ClN10O13S/c1-32(2)50(66-54(83)62-23-10-11-25-69-46(70)19-20-47(69)71)52(74)64-40(15-13-24-61-53(60)75)51(73)63-37-17-18-39(34(4)27-37)65-55(76)82-45-30-48(72)68(7)41-28-36(29-42(79-8)49(41)59)26-33(3)14-12-16-44(80-9)58(78)31-43(81-56(77)67-58)35(5)38-21-22-57(38,45)6/h12,14,16-20,27-29,32,35,38,40,43-45,50,78H,10-11,13,15,21-26,30-31H2,1-9H3,(H,63,73)(H,64,74)(H,65,76)(H,67,77)(H3,60,61,75)(H2,62,66,83)/b16-12+,33-14+/t35-,38-,40-,43-,44+,45-,50-,57+,58-/m0/s1. The summed E-state index contributed by atoms with van der Waals surface area (Å²) >= 11 is 12.4. The van der Waals surface area contributed by atoms with E-state index >= 15 is 0 Å². The molecule has 23 nitrogen and oxygen atoms in total. The van der Waals surface area contributed by atoms with E-state index in [0.717, 1.165) is 16.0 Å². The number of fused-ring (bicyclic) bond motifs is 5. The summed E-state index contributed by atoms with van der Waals surface area (Å²) in [6, 6.07) is 5.63. The average Bonchev–Trinajstić information content (AvgIpc) is 3.91. The number of aliphatic hydroxyl groups is 1. The Hall–Kier alpha value is -7.28. The number of anilines is 3. The summed E-state index contributed by atoms with van der Waals surface area (Å²) in [4.78, 5) is 108. The summed E-state index contributed by atoms with van der Waals surface area (Å²) < 4.78 is 23.6. The minimum absolute atomic E-state index is 0.0309. The minimum Gasteiger partial charge on any atom is -0.495 e. The van der Waals surface area contributed by atoms with Gasteiger partial charge in [-0.3, -0.25) is 39.5 Å². The molecule has 9 atom stereocenters. The molecule has 83 heavy (non-hydrogen) atoms. The first-order valence-electron chi connectivity index (χ1n) is 27.8. The lowest BCUT2D eigenvalue weighted by atomic mass is 9.53. The Kier molecular flexibility index (Phi) is 22.5. The summed E-state index contributed by atoms with van der Waals surface area (Å²) in [6.07, 6.45) is 6.01. The van der Waals surface area contributed by atoms with Gasteiger partial charge in [0.15, 0.2) is 10.8 Å². The highest BCUT2D eigenvalue weighted by atomic mass is 35.5. The largest absolute Gasteiger partial charge is 0.495 e. The van der Waals surface area contributed by atoms with Gasteiger partial charge in [-0.05, 0) is 130 Å². The van der Waals surface area contributed by atoms with E-state index in [-0.39, 0.29) is 72.6 Å². The number of carbonyl (C=O) groups excluding carboxylic acids is 8. The number of benzene rings is 2. The predicted octanol–water partition coefficient (Wildman–Crippen LogP) is 6.01. The van der Waals surface area contributed by atoms with Crippen LogP contribution in [0.3, 0.4) is 0 Å². The number of rotatable bonds is 19. The van der Waals surface area contributed by atoms with Crippen LogP contribution < -0.4 is 52.6 Å². The van der Waals surface area contributed by atoms with Gasteiger partial charge in [0.2, 0.25) is 17.7 Å². The number of amides is 9. The Morgan fingerprint density at radius 3 is 2.33 bits per heavy atom. The molecule has 0 spiro atoms. The van der Waals surface area contributed by atoms with Crippen LogP contribution in [0.4, 0.5) is 31.4 Å². The summed E-state index contributed by atoms with van der Waals surface area (Å²) in [5, 5.41) is 32.1. The predicted molar refractivity (Wildman–Crippen MR) is 316 cm³/mol. The van der Waals surface area contributed by atoms with Gasteiger partial charge in [-0.15, -0.1) is 0 Å². The second-order valence-electron chi connectivity index (χ2n) is 22.2. The Morgan fingerprint density at radius 1 is 0.976 bits per heavy atom. The number of methoxy groups -OCH3 is 2. The van der Waals surface area contributed by atoms with Crippen LogP contribution in [0, 0.1) is 30.1 Å². The number of thiocarbonyl (C=S) groups is 1. The number of imide groups is 1. The number of primary amides is 1. The molecule has 1 aliphatic carbocycles. The first kappa shape index (κ1) is 64.9. The number of alkyl carbamates (subject to hydrolysis) is 1. The molecule has 10 N–H and O–H groups in total. The third kappa shape index (κ3) is 16.7. The molecule has 452 valence electrons. The number of ether oxygens (including phenoxy) is 4. The summed E-state index contributed by atoms with van der Waals surface area (Å²) in [7, 11) is 4.51. The number of nitrogens with two attached hydrogens (primary N) is 1. The van der Waals surface area contributed by atoms with Gasteiger partial charge in [-0.2, -0.15) is 0 Å². The Bertz CT molecular complexity index is 2870. The second-order valence-corrected chi connectivity index (χ2v) is 23.0. The SMILES string of the molecule is COc1cc2cc(c1Cl)N(C)C(=O)C[C@H](OC(=O)Nc1ccc(NC(=O)[C@H](CCCNC(N)=O)NC(=O)[C@@H](NC(=S)NCCCCN3C(=O)C=CC3=O)C(C)C)cc1C)[C@]1(C)CC[C@H]1[C@H](C)[C@@H]1C[C@@](O)(NC(=O)O1)[C@H](OC)/C=C/C=C(\C)C2. The van der Waals surface area contributed by atoms with Gasteiger partial charge in [0.1, 0.15) is 41.2 Å². The van der Waals surface area contributed by atoms with Gasteiger partial charge in [0.25, 0.3) is 11.8 Å². The quantitative estimate of drug-likeness (QED) is 0.0442. The van der Waals surface area contributed by atoms with Gasteiger partial charge < -0.3 is 61.3 Å². The summed E-state index contributed by atoms with van der Waals surface area (Å²) in [5.74, 6) is -2.83. The Balaban J connectivity index is 1.18. The van der Waals surface area contributed by atoms with Crippen molar-refractivity contribution >= 4 is 93.7 Å². The maximum Gasteiger partial charge on any atom is 0.411 e. The van der Waals surface area contributed by atoms with Gasteiger partial charge in [-0.1, -0.05) is 63.1 Å². The van der Waals surface area contributed by atoms with E-state index in [4.69, 9.17) is 48.5 Å². The fourth-order valence-corrected chi connectivity index (χ4v) is 11.6. The van der Waals surface area contributed by atoms with E-state index in [1.165, 1.54) is 31.3 Å². The molecule has 6 rings (SSSR count). The van der Waals surface area contributed by atoms with Gasteiger partial charge in [-0.25, -0.2) is 14.4 Å². The first-order chi connectivity index (χ1) is 39.3. The van der Waals surface area contributed by atoms with Crippen molar-refractivity contribution in [1.29, 1.82) is 0 Å². The van der Waals surface area contributed by atoms with Crippen LogP contribution in [0.15, 0.2) is 66.3 Å². The van der Waals surface area contributed by atoms with Crippen LogP contribution in [-0.4, -0.2) is 140 Å². The number of unbranched alkanes of at least 4 members (excludes halogenated alkanes) is 1. The lowest BCUT2D eigenvalue weighted by molar-refractivity contribution is -0.166. The van der Waals surface area contributed by atoms with E-state index in [1.54, 1.807) is 56.5 Å². The fraction of sp³-hybridized carbons (Fsp3) is 0.534. The van der Waals surface area contributed by atoms with Crippen molar-refractivity contribution in [3.8, 4) is 5.75 Å². The molecular weight excluding hydrogens is 1110 g/mol. The molecule has 0 radical (unpaired) electrons. The lowest BCUT2D eigenvalue weighted by Crippen LogP contribution is -2.64. The van der Waals surface area contributed by atoms with Crippen LogP contribution in [0.1, 0.15) is 97.1 Å². The highest BCUT2D eigenvalue weighted by Gasteiger charge is 2.57. The van der Waals surface area contributed by atoms with E-state index < -0.39 is 83.4 Å². The van der Waals surface area contributed by atoms with E-state index in [0.29, 0.717) is 67.0 Å². The molecular formula is C58H79ClN10O13S. The molecule has 1 saturated carbocycles. The molecule has 25 heteroatoms. The van der Waals surface area contributed by atoms with Crippen LogP contribution in [0.5, 0.6) is 5.75 Å². The van der Waals surface area contributed by atoms with Gasteiger partial charge in [0.05, 0.1) is 19.2 Å². The van der Waals surface area contributed by atoms with Crippen LogP contribution in [0.25, 0.3) is 0 Å². The van der Waals surface area contributed by atoms with Crippen molar-refractivity contribution < 1.29 is 62.4 Å². The highest BCUT2D eigenvalue weighted by Crippen LogP contribution is 2.56. The van der Waals surface area contributed by atoms with Gasteiger partial charge in [0, 0.05) is 69.2 Å². The molecule has 9 amide bonds. The molecule has 1 saturated heterocycles. The van der Waals surface area contributed by atoms with Crippen molar-refractivity contribution in [2.24, 2.45) is 28.9 Å². The number of nitrogens with zero attached hydrogens (tertiary/aromatic N) is 2. The number of carbonyl (C=O) groups is 8. The topological polar surface area (TPSA) is 310 Å². The van der Waals surface area contributed by atoms with Crippen LogP contribution >= 0.6 is 23.8 Å². The molecule has 0 unspecified atom stereocenters. The van der Waals surface area contributed by atoms with Crippen LogP contribution in [-0.2, 0) is 44.6 Å². The number of hydrogen-bond acceptors (Lipinski definition) is 14. The number of aryl methyl sites for hydroxylation is 1. The monoisotopic (exact) mass is 1190 g/mol.